The van der Waals surface area contributed by atoms with E-state index in [1.807, 2.05) is 43.3 Å². The van der Waals surface area contributed by atoms with Gasteiger partial charge >= 0.3 is 0 Å². The molecule has 1 N–H and O–H groups in total. The SMILES string of the molecule is COc1ccc(OC)c([C@H]2C(C#N)=C(C)NC3=C2C(=O)C[C@H](c2ccc(Cl)cc2)C3)c1. The van der Waals surface area contributed by atoms with E-state index in [2.05, 4.69) is 11.4 Å². The Hall–Kier alpha value is -3.23. The lowest BCUT2D eigenvalue weighted by Crippen LogP contribution is -2.33. The summed E-state index contributed by atoms with van der Waals surface area (Å²) in [5.41, 5.74) is 4.60. The summed E-state index contributed by atoms with van der Waals surface area (Å²) in [7, 11) is 3.18. The Morgan fingerprint density at radius 3 is 2.48 bits per heavy atom. The molecular weight excluding hydrogens is 412 g/mol. The first-order chi connectivity index (χ1) is 15.0. The van der Waals surface area contributed by atoms with Gasteiger partial charge in [0.15, 0.2) is 5.78 Å². The summed E-state index contributed by atoms with van der Waals surface area (Å²) >= 11 is 6.03. The van der Waals surface area contributed by atoms with Gasteiger partial charge in [-0.1, -0.05) is 23.7 Å². The molecule has 1 heterocycles. The number of carbonyl (C=O) groups is 1. The van der Waals surface area contributed by atoms with Gasteiger partial charge in [0.05, 0.1) is 31.8 Å². The highest BCUT2D eigenvalue weighted by Crippen LogP contribution is 2.47. The van der Waals surface area contributed by atoms with Crippen LogP contribution in [0.3, 0.4) is 0 Å². The lowest BCUT2D eigenvalue weighted by atomic mass is 9.72. The molecular formula is C25H23ClN2O3. The van der Waals surface area contributed by atoms with Crippen LogP contribution in [0, 0.1) is 11.3 Å². The molecule has 31 heavy (non-hydrogen) atoms. The Morgan fingerprint density at radius 1 is 1.10 bits per heavy atom. The number of hydrogen-bond acceptors (Lipinski definition) is 5. The number of nitrogens with one attached hydrogen (secondary N) is 1. The van der Waals surface area contributed by atoms with E-state index in [0.29, 0.717) is 40.5 Å². The van der Waals surface area contributed by atoms with Crippen molar-refractivity contribution in [2.24, 2.45) is 0 Å². The third-order valence-corrected chi connectivity index (χ3v) is 6.29. The fourth-order valence-electron chi connectivity index (χ4n) is 4.53. The number of nitriles is 1. The second-order valence-corrected chi connectivity index (χ2v) is 8.22. The van der Waals surface area contributed by atoms with Gasteiger partial charge in [-0.2, -0.15) is 5.26 Å². The summed E-state index contributed by atoms with van der Waals surface area (Å²) in [6.45, 7) is 1.87. The van der Waals surface area contributed by atoms with Crippen LogP contribution in [-0.4, -0.2) is 20.0 Å². The van der Waals surface area contributed by atoms with E-state index >= 15 is 0 Å². The first-order valence-corrected chi connectivity index (χ1v) is 10.5. The van der Waals surface area contributed by atoms with Gasteiger partial charge < -0.3 is 14.8 Å². The number of dihydropyridines is 1. The molecule has 0 unspecified atom stereocenters. The molecule has 4 rings (SSSR count). The zero-order chi connectivity index (χ0) is 22.1. The molecule has 158 valence electrons. The molecule has 1 aliphatic carbocycles. The quantitative estimate of drug-likeness (QED) is 0.712. The second-order valence-electron chi connectivity index (χ2n) is 7.79. The van der Waals surface area contributed by atoms with Crippen LogP contribution in [0.4, 0.5) is 0 Å². The maximum Gasteiger partial charge on any atom is 0.162 e. The fourth-order valence-corrected chi connectivity index (χ4v) is 4.66. The van der Waals surface area contributed by atoms with Crippen LogP contribution in [-0.2, 0) is 4.79 Å². The standard InChI is InChI=1S/C25H23ClN2O3/c1-14-20(13-27)24(19-12-18(30-2)8-9-23(19)31-3)25-21(28-14)10-16(11-22(25)29)15-4-6-17(26)7-5-15/h4-9,12,16,24,28H,10-11H2,1-3H3/t16-,24+/m1/s1. The van der Waals surface area contributed by atoms with Crippen LogP contribution in [0.2, 0.25) is 5.02 Å². The van der Waals surface area contributed by atoms with Crippen molar-refractivity contribution >= 4 is 17.4 Å². The molecule has 0 fully saturated rings. The minimum atomic E-state index is -0.495. The summed E-state index contributed by atoms with van der Waals surface area (Å²) < 4.78 is 11.0. The summed E-state index contributed by atoms with van der Waals surface area (Å²) in [5.74, 6) is 0.857. The monoisotopic (exact) mass is 434 g/mol. The molecule has 6 heteroatoms. The van der Waals surface area contributed by atoms with Crippen LogP contribution in [0.1, 0.15) is 42.7 Å². The number of halogens is 1. The van der Waals surface area contributed by atoms with Crippen molar-refractivity contribution in [3.63, 3.8) is 0 Å². The summed E-state index contributed by atoms with van der Waals surface area (Å²) in [6.07, 6.45) is 1.06. The molecule has 0 bridgehead atoms. The lowest BCUT2D eigenvalue weighted by Gasteiger charge is -2.36. The minimum absolute atomic E-state index is 0.0313. The number of hydrogen-bond donors (Lipinski definition) is 1. The van der Waals surface area contributed by atoms with Crippen molar-refractivity contribution in [1.82, 2.24) is 5.32 Å². The van der Waals surface area contributed by atoms with Gasteiger partial charge in [-0.3, -0.25) is 4.79 Å². The van der Waals surface area contributed by atoms with E-state index in [1.54, 1.807) is 20.3 Å². The van der Waals surface area contributed by atoms with Gasteiger partial charge in [0.2, 0.25) is 0 Å². The van der Waals surface area contributed by atoms with Gasteiger partial charge in [-0.05, 0) is 55.2 Å². The third-order valence-electron chi connectivity index (χ3n) is 6.04. The lowest BCUT2D eigenvalue weighted by molar-refractivity contribution is -0.116. The number of ether oxygens (including phenoxy) is 2. The molecule has 0 aromatic heterocycles. The number of allylic oxidation sites excluding steroid dienone is 4. The maximum atomic E-state index is 13.5. The van der Waals surface area contributed by atoms with E-state index in [0.717, 1.165) is 22.5 Å². The Bertz CT molecular complexity index is 1140. The fraction of sp³-hybridized carbons (Fsp3) is 0.280. The van der Waals surface area contributed by atoms with Crippen LogP contribution in [0.5, 0.6) is 11.5 Å². The van der Waals surface area contributed by atoms with Gasteiger partial charge in [0.25, 0.3) is 0 Å². The van der Waals surface area contributed by atoms with E-state index in [9.17, 15) is 10.1 Å². The molecule has 0 saturated carbocycles. The maximum absolute atomic E-state index is 13.5. The van der Waals surface area contributed by atoms with Crippen molar-refractivity contribution in [3.8, 4) is 17.6 Å². The Kier molecular flexibility index (Phi) is 5.75. The number of nitrogens with zero attached hydrogens (tertiary/aromatic N) is 1. The molecule has 0 spiro atoms. The van der Waals surface area contributed by atoms with Crippen LogP contribution in [0.25, 0.3) is 0 Å². The number of rotatable bonds is 4. The summed E-state index contributed by atoms with van der Waals surface area (Å²) in [6, 6.07) is 15.4. The van der Waals surface area contributed by atoms with Gasteiger partial charge in [0.1, 0.15) is 11.5 Å². The predicted molar refractivity (Wildman–Crippen MR) is 119 cm³/mol. The number of carbonyl (C=O) groups excluding carboxylic acids is 1. The summed E-state index contributed by atoms with van der Waals surface area (Å²) in [4.78, 5) is 13.5. The van der Waals surface area contributed by atoms with Crippen molar-refractivity contribution in [2.45, 2.75) is 31.6 Å². The van der Waals surface area contributed by atoms with E-state index in [-0.39, 0.29) is 11.7 Å². The molecule has 2 aromatic carbocycles. The first-order valence-electron chi connectivity index (χ1n) is 10.1. The normalized spacial score (nSPS) is 20.7. The third kappa shape index (κ3) is 3.80. The molecule has 0 amide bonds. The van der Waals surface area contributed by atoms with E-state index < -0.39 is 5.92 Å². The zero-order valence-corrected chi connectivity index (χ0v) is 18.4. The van der Waals surface area contributed by atoms with Crippen molar-refractivity contribution in [2.75, 3.05) is 14.2 Å². The number of benzene rings is 2. The van der Waals surface area contributed by atoms with E-state index in [4.69, 9.17) is 21.1 Å². The topological polar surface area (TPSA) is 71.3 Å². The highest BCUT2D eigenvalue weighted by Gasteiger charge is 2.40. The molecule has 2 atom stereocenters. The Balaban J connectivity index is 1.83. The summed E-state index contributed by atoms with van der Waals surface area (Å²) in [5, 5.41) is 14.0. The minimum Gasteiger partial charge on any atom is -0.497 e. The van der Waals surface area contributed by atoms with Crippen molar-refractivity contribution in [3.05, 3.63) is 81.2 Å². The predicted octanol–water partition coefficient (Wildman–Crippen LogP) is 5.24. The molecule has 2 aromatic rings. The average molecular weight is 435 g/mol. The molecule has 5 nitrogen and oxygen atoms in total. The highest BCUT2D eigenvalue weighted by atomic mass is 35.5. The first kappa shape index (κ1) is 21.0. The number of Topliss-reactive ketones (excluding diaryl/α,β-unsaturated/α-hetero) is 1. The van der Waals surface area contributed by atoms with Crippen molar-refractivity contribution < 1.29 is 14.3 Å². The van der Waals surface area contributed by atoms with E-state index in [1.165, 1.54) is 0 Å². The largest absolute Gasteiger partial charge is 0.497 e. The number of ketones is 1. The van der Waals surface area contributed by atoms with Crippen LogP contribution in [0.15, 0.2) is 65.0 Å². The van der Waals surface area contributed by atoms with Gasteiger partial charge in [-0.25, -0.2) is 0 Å². The van der Waals surface area contributed by atoms with Gasteiger partial charge in [0, 0.05) is 34.0 Å². The van der Waals surface area contributed by atoms with Crippen LogP contribution < -0.4 is 14.8 Å². The van der Waals surface area contributed by atoms with Crippen molar-refractivity contribution in [1.29, 1.82) is 5.26 Å². The molecule has 0 saturated heterocycles. The highest BCUT2D eigenvalue weighted by molar-refractivity contribution is 6.30. The van der Waals surface area contributed by atoms with Gasteiger partial charge in [-0.15, -0.1) is 0 Å². The Morgan fingerprint density at radius 2 is 1.84 bits per heavy atom. The number of methoxy groups -OCH3 is 2. The second kappa shape index (κ2) is 8.49. The molecule has 2 aliphatic rings. The molecule has 1 aliphatic heterocycles. The average Bonchev–Trinajstić information content (AvgIpc) is 2.78. The molecule has 0 radical (unpaired) electrons. The smallest absolute Gasteiger partial charge is 0.162 e. The Labute approximate surface area is 186 Å². The van der Waals surface area contributed by atoms with Crippen LogP contribution >= 0.6 is 11.6 Å². The zero-order valence-electron chi connectivity index (χ0n) is 17.7.